The van der Waals surface area contributed by atoms with Crippen LogP contribution in [-0.2, 0) is 0 Å². The predicted octanol–water partition coefficient (Wildman–Crippen LogP) is 0.967. The van der Waals surface area contributed by atoms with Crippen LogP contribution < -0.4 is 24.0 Å². The molecule has 0 N–H and O–H groups in total. The summed E-state index contributed by atoms with van der Waals surface area (Å²) >= 11 is 5.88. The molecule has 3 aromatic rings. The number of aryl methyl sites for hydroxylation is 1. The van der Waals surface area contributed by atoms with Gasteiger partial charge >= 0.3 is 0 Å². The van der Waals surface area contributed by atoms with Crippen molar-refractivity contribution in [3.63, 3.8) is 0 Å². The van der Waals surface area contributed by atoms with Gasteiger partial charge in [0.2, 0.25) is 0 Å². The van der Waals surface area contributed by atoms with Gasteiger partial charge in [0.25, 0.3) is 0 Å². The number of rotatable bonds is 1. The van der Waals surface area contributed by atoms with Gasteiger partial charge in [0.15, 0.2) is 0 Å². The summed E-state index contributed by atoms with van der Waals surface area (Å²) in [6.07, 6.45) is 2.05. The molecule has 0 unspecified atom stereocenters. The van der Waals surface area contributed by atoms with Crippen LogP contribution in [0.25, 0.3) is 16.9 Å². The third-order valence-corrected chi connectivity index (χ3v) is 3.09. The number of pyridine rings is 1. The lowest BCUT2D eigenvalue weighted by Gasteiger charge is -1.96. The first-order valence-corrected chi connectivity index (χ1v) is 5.82. The van der Waals surface area contributed by atoms with E-state index in [0.717, 1.165) is 21.9 Å². The van der Waals surface area contributed by atoms with Gasteiger partial charge in [-0.3, -0.25) is 0 Å². The molecule has 92 valence electrons. The van der Waals surface area contributed by atoms with Gasteiger partial charge in [-0.05, 0) is 31.2 Å². The number of aromatic nitrogens is 2. The van der Waals surface area contributed by atoms with Crippen LogP contribution in [0.4, 0.5) is 0 Å². The minimum Gasteiger partial charge on any atom is -1.00 e. The van der Waals surface area contributed by atoms with Gasteiger partial charge in [0.1, 0.15) is 5.65 Å². The number of imidazole rings is 1. The zero-order valence-electron chi connectivity index (χ0n) is 9.77. The average molecular weight is 370 g/mol. The molecule has 2 heterocycles. The van der Waals surface area contributed by atoms with E-state index in [1.165, 1.54) is 5.69 Å². The third kappa shape index (κ3) is 2.37. The summed E-state index contributed by atoms with van der Waals surface area (Å²) in [6, 6.07) is 13.8. The van der Waals surface area contributed by atoms with Gasteiger partial charge in [0, 0.05) is 22.5 Å². The maximum absolute atomic E-state index is 5.88. The van der Waals surface area contributed by atoms with Gasteiger partial charge in [-0.15, -0.1) is 0 Å². The maximum atomic E-state index is 5.88. The molecule has 2 nitrogen and oxygen atoms in total. The number of benzene rings is 1. The highest BCUT2D eigenvalue weighted by Crippen LogP contribution is 2.21. The molecule has 0 aliphatic rings. The average Bonchev–Trinajstić information content (AvgIpc) is 2.75. The normalized spacial score (nSPS) is 10.3. The number of fused-ring (bicyclic) bond motifs is 1. The van der Waals surface area contributed by atoms with Crippen LogP contribution in [0.5, 0.6) is 0 Å². The Labute approximate surface area is 128 Å². The van der Waals surface area contributed by atoms with E-state index in [0.29, 0.717) is 0 Å². The molecule has 0 saturated carbocycles. The van der Waals surface area contributed by atoms with E-state index >= 15 is 0 Å². The van der Waals surface area contributed by atoms with Crippen molar-refractivity contribution in [3.05, 3.63) is 59.4 Å². The van der Waals surface area contributed by atoms with E-state index in [1.54, 1.807) is 0 Å². The fourth-order valence-electron chi connectivity index (χ4n) is 1.91. The molecule has 0 aliphatic heterocycles. The zero-order valence-corrected chi connectivity index (χ0v) is 12.7. The Morgan fingerprint density at radius 1 is 1.06 bits per heavy atom. The summed E-state index contributed by atoms with van der Waals surface area (Å²) in [5, 5.41) is 0.744. The van der Waals surface area contributed by atoms with E-state index < -0.39 is 0 Å². The SMILES string of the molecule is Cc1cccc2nc(-c3ccc(Cl)cc3)cn12.[I-]. The summed E-state index contributed by atoms with van der Waals surface area (Å²) in [4.78, 5) is 4.59. The van der Waals surface area contributed by atoms with Gasteiger partial charge in [-0.2, -0.15) is 0 Å². The van der Waals surface area contributed by atoms with Crippen LogP contribution >= 0.6 is 11.6 Å². The smallest absolute Gasteiger partial charge is 0.137 e. The van der Waals surface area contributed by atoms with Crippen molar-refractivity contribution >= 4 is 17.2 Å². The third-order valence-electron chi connectivity index (χ3n) is 2.84. The van der Waals surface area contributed by atoms with E-state index in [2.05, 4.69) is 22.4 Å². The van der Waals surface area contributed by atoms with Crippen LogP contribution in [-0.4, -0.2) is 9.38 Å². The Balaban J connectivity index is 0.00000120. The van der Waals surface area contributed by atoms with Crippen molar-refractivity contribution in [1.29, 1.82) is 0 Å². The second kappa shape index (κ2) is 5.28. The van der Waals surface area contributed by atoms with Gasteiger partial charge < -0.3 is 28.4 Å². The highest BCUT2D eigenvalue weighted by atomic mass is 127. The van der Waals surface area contributed by atoms with Gasteiger partial charge in [-0.25, -0.2) is 4.98 Å². The quantitative estimate of drug-likeness (QED) is 0.584. The van der Waals surface area contributed by atoms with Crippen LogP contribution in [0.1, 0.15) is 5.69 Å². The van der Waals surface area contributed by atoms with Crippen LogP contribution in [0, 0.1) is 6.92 Å². The first kappa shape index (κ1) is 13.4. The largest absolute Gasteiger partial charge is 1.00 e. The topological polar surface area (TPSA) is 17.3 Å². The molecule has 0 bridgehead atoms. The molecule has 3 rings (SSSR count). The molecule has 0 fully saturated rings. The Bertz CT molecular complexity index is 674. The lowest BCUT2D eigenvalue weighted by atomic mass is 10.2. The van der Waals surface area contributed by atoms with Crippen molar-refractivity contribution in [2.75, 3.05) is 0 Å². The molecule has 0 aliphatic carbocycles. The molecule has 0 atom stereocenters. The number of halogens is 2. The summed E-state index contributed by atoms with van der Waals surface area (Å²) in [6.45, 7) is 2.07. The first-order valence-electron chi connectivity index (χ1n) is 5.45. The van der Waals surface area contributed by atoms with Crippen molar-refractivity contribution in [2.24, 2.45) is 0 Å². The molecule has 2 aromatic heterocycles. The first-order chi connectivity index (χ1) is 8.24. The van der Waals surface area contributed by atoms with Crippen molar-refractivity contribution < 1.29 is 24.0 Å². The van der Waals surface area contributed by atoms with Crippen molar-refractivity contribution in [3.8, 4) is 11.3 Å². The second-order valence-electron chi connectivity index (χ2n) is 4.03. The number of hydrogen-bond donors (Lipinski definition) is 0. The molecule has 4 heteroatoms. The lowest BCUT2D eigenvalue weighted by Crippen LogP contribution is -3.00. The van der Waals surface area contributed by atoms with E-state index in [9.17, 15) is 0 Å². The second-order valence-corrected chi connectivity index (χ2v) is 4.46. The summed E-state index contributed by atoms with van der Waals surface area (Å²) in [7, 11) is 0. The Kier molecular flexibility index (Phi) is 3.92. The zero-order chi connectivity index (χ0) is 11.8. The van der Waals surface area contributed by atoms with Crippen molar-refractivity contribution in [1.82, 2.24) is 9.38 Å². The molecule has 1 aromatic carbocycles. The summed E-state index contributed by atoms with van der Waals surface area (Å²) < 4.78 is 2.09. The molecular weight excluding hydrogens is 359 g/mol. The standard InChI is InChI=1S/C14H11ClN2.HI/c1-10-3-2-4-14-16-13(9-17(10)14)11-5-7-12(15)8-6-11;/h2-9H,1H3;1H/p-1. The summed E-state index contributed by atoms with van der Waals surface area (Å²) in [5.41, 5.74) is 4.19. The van der Waals surface area contributed by atoms with Gasteiger partial charge in [0.05, 0.1) is 5.69 Å². The molecule has 0 spiro atoms. The molecule has 18 heavy (non-hydrogen) atoms. The van der Waals surface area contributed by atoms with Crippen LogP contribution in [0.2, 0.25) is 5.02 Å². The Morgan fingerprint density at radius 2 is 1.78 bits per heavy atom. The minimum absolute atomic E-state index is 0. The number of hydrogen-bond acceptors (Lipinski definition) is 1. The number of nitrogens with zero attached hydrogens (tertiary/aromatic N) is 2. The van der Waals surface area contributed by atoms with Crippen LogP contribution in [0.3, 0.4) is 0 Å². The predicted molar refractivity (Wildman–Crippen MR) is 70.4 cm³/mol. The van der Waals surface area contributed by atoms with E-state index in [-0.39, 0.29) is 24.0 Å². The Morgan fingerprint density at radius 3 is 2.44 bits per heavy atom. The van der Waals surface area contributed by atoms with E-state index in [1.807, 2.05) is 42.6 Å². The molecule has 0 saturated heterocycles. The maximum Gasteiger partial charge on any atom is 0.137 e. The Hall–Kier alpha value is -1.07. The molecule has 0 amide bonds. The van der Waals surface area contributed by atoms with Gasteiger partial charge in [-0.1, -0.05) is 29.8 Å². The van der Waals surface area contributed by atoms with Crippen molar-refractivity contribution in [2.45, 2.75) is 6.92 Å². The molecule has 0 radical (unpaired) electrons. The van der Waals surface area contributed by atoms with Crippen LogP contribution in [0.15, 0.2) is 48.7 Å². The fraction of sp³-hybridized carbons (Fsp3) is 0.0714. The lowest BCUT2D eigenvalue weighted by molar-refractivity contribution is -0.00000345. The fourth-order valence-corrected chi connectivity index (χ4v) is 2.03. The molecular formula is C14H11ClIN2-. The monoisotopic (exact) mass is 369 g/mol. The summed E-state index contributed by atoms with van der Waals surface area (Å²) in [5.74, 6) is 0. The minimum atomic E-state index is 0. The highest BCUT2D eigenvalue weighted by Gasteiger charge is 2.04. The highest BCUT2D eigenvalue weighted by molar-refractivity contribution is 6.30. The van der Waals surface area contributed by atoms with E-state index in [4.69, 9.17) is 11.6 Å².